The lowest BCUT2D eigenvalue weighted by Crippen LogP contribution is -2.03. The first-order valence-electron chi connectivity index (χ1n) is 5.86. The van der Waals surface area contributed by atoms with Crippen LogP contribution in [0.15, 0.2) is 30.6 Å². The summed E-state index contributed by atoms with van der Waals surface area (Å²) in [5.74, 6) is 1.54. The van der Waals surface area contributed by atoms with Crippen molar-refractivity contribution in [1.29, 1.82) is 0 Å². The molecule has 0 aliphatic heterocycles. The van der Waals surface area contributed by atoms with E-state index in [4.69, 9.17) is 9.47 Å². The van der Waals surface area contributed by atoms with Crippen LogP contribution >= 0.6 is 0 Å². The van der Waals surface area contributed by atoms with Crippen LogP contribution in [-0.4, -0.2) is 23.9 Å². The second-order valence-corrected chi connectivity index (χ2v) is 3.72. The van der Waals surface area contributed by atoms with Gasteiger partial charge in [-0.1, -0.05) is 12.1 Å². The first kappa shape index (κ1) is 12.3. The Morgan fingerprint density at radius 1 is 1.39 bits per heavy atom. The number of methoxy groups -OCH3 is 1. The standard InChI is InChI=1S/C13H17N3O2/c1-3-18-12-6-4-5-10(13(12)17-2)7-14-11-8-15-16-9-11/h4-6,8-9,14H,3,7H2,1-2H3,(H,15,16). The summed E-state index contributed by atoms with van der Waals surface area (Å²) < 4.78 is 10.9. The average molecular weight is 247 g/mol. The van der Waals surface area contributed by atoms with Crippen molar-refractivity contribution in [3.05, 3.63) is 36.2 Å². The highest BCUT2D eigenvalue weighted by atomic mass is 16.5. The summed E-state index contributed by atoms with van der Waals surface area (Å²) in [6.07, 6.45) is 3.54. The molecule has 96 valence electrons. The third-order valence-electron chi connectivity index (χ3n) is 2.55. The largest absolute Gasteiger partial charge is 0.493 e. The van der Waals surface area contributed by atoms with Crippen LogP contribution in [0.4, 0.5) is 5.69 Å². The van der Waals surface area contributed by atoms with Crippen LogP contribution in [0.2, 0.25) is 0 Å². The van der Waals surface area contributed by atoms with Gasteiger partial charge in [-0.15, -0.1) is 0 Å². The Morgan fingerprint density at radius 2 is 2.28 bits per heavy atom. The van der Waals surface area contributed by atoms with E-state index in [1.54, 1.807) is 19.5 Å². The molecule has 2 N–H and O–H groups in total. The van der Waals surface area contributed by atoms with E-state index in [-0.39, 0.29) is 0 Å². The number of rotatable bonds is 6. The normalized spacial score (nSPS) is 10.1. The van der Waals surface area contributed by atoms with Gasteiger partial charge in [0.05, 0.1) is 25.6 Å². The number of nitrogens with zero attached hydrogens (tertiary/aromatic N) is 1. The Kier molecular flexibility index (Phi) is 4.06. The summed E-state index contributed by atoms with van der Waals surface area (Å²) in [4.78, 5) is 0. The van der Waals surface area contributed by atoms with E-state index >= 15 is 0 Å². The van der Waals surface area contributed by atoms with E-state index in [1.807, 2.05) is 25.1 Å². The maximum Gasteiger partial charge on any atom is 0.165 e. The van der Waals surface area contributed by atoms with Gasteiger partial charge in [0.25, 0.3) is 0 Å². The molecule has 5 heteroatoms. The van der Waals surface area contributed by atoms with Crippen LogP contribution in [0.3, 0.4) is 0 Å². The fourth-order valence-corrected chi connectivity index (χ4v) is 1.75. The minimum atomic E-state index is 0.620. The van der Waals surface area contributed by atoms with Gasteiger partial charge < -0.3 is 14.8 Å². The maximum absolute atomic E-state index is 5.53. The molecule has 0 fully saturated rings. The fraction of sp³-hybridized carbons (Fsp3) is 0.308. The predicted octanol–water partition coefficient (Wildman–Crippen LogP) is 2.43. The Labute approximate surface area is 106 Å². The van der Waals surface area contributed by atoms with Crippen LogP contribution in [-0.2, 0) is 6.54 Å². The monoisotopic (exact) mass is 247 g/mol. The third-order valence-corrected chi connectivity index (χ3v) is 2.55. The molecular weight excluding hydrogens is 230 g/mol. The zero-order valence-electron chi connectivity index (χ0n) is 10.6. The number of aromatic amines is 1. The van der Waals surface area contributed by atoms with Gasteiger partial charge in [-0.25, -0.2) is 0 Å². The van der Waals surface area contributed by atoms with Crippen LogP contribution in [0.5, 0.6) is 11.5 Å². The maximum atomic E-state index is 5.53. The Bertz CT molecular complexity index is 483. The molecule has 1 aromatic heterocycles. The number of aromatic nitrogens is 2. The van der Waals surface area contributed by atoms with Crippen molar-refractivity contribution in [1.82, 2.24) is 10.2 Å². The van der Waals surface area contributed by atoms with Crippen molar-refractivity contribution >= 4 is 5.69 Å². The highest BCUT2D eigenvalue weighted by molar-refractivity contribution is 5.49. The average Bonchev–Trinajstić information content (AvgIpc) is 2.90. The van der Waals surface area contributed by atoms with Crippen molar-refractivity contribution in [3.8, 4) is 11.5 Å². The van der Waals surface area contributed by atoms with Crippen molar-refractivity contribution in [2.75, 3.05) is 19.0 Å². The molecule has 0 saturated carbocycles. The third kappa shape index (κ3) is 2.74. The molecule has 18 heavy (non-hydrogen) atoms. The lowest BCUT2D eigenvalue weighted by atomic mass is 10.2. The van der Waals surface area contributed by atoms with Crippen molar-refractivity contribution in [3.63, 3.8) is 0 Å². The topological polar surface area (TPSA) is 59.2 Å². The van der Waals surface area contributed by atoms with Crippen LogP contribution < -0.4 is 14.8 Å². The number of hydrogen-bond donors (Lipinski definition) is 2. The molecule has 0 radical (unpaired) electrons. The fourth-order valence-electron chi connectivity index (χ4n) is 1.75. The molecule has 1 aromatic carbocycles. The van der Waals surface area contributed by atoms with E-state index in [0.29, 0.717) is 13.2 Å². The molecule has 0 unspecified atom stereocenters. The lowest BCUT2D eigenvalue weighted by Gasteiger charge is -2.14. The molecule has 1 heterocycles. The number of ether oxygens (including phenoxy) is 2. The van der Waals surface area contributed by atoms with E-state index in [9.17, 15) is 0 Å². The molecule has 0 aliphatic carbocycles. The first-order chi connectivity index (χ1) is 8.85. The molecule has 0 saturated heterocycles. The van der Waals surface area contributed by atoms with E-state index in [0.717, 1.165) is 22.7 Å². The summed E-state index contributed by atoms with van der Waals surface area (Å²) in [6.45, 7) is 3.23. The SMILES string of the molecule is CCOc1cccc(CNc2cn[nH]c2)c1OC. The Balaban J connectivity index is 2.13. The van der Waals surface area contributed by atoms with Gasteiger partial charge in [-0.3, -0.25) is 5.10 Å². The summed E-state index contributed by atoms with van der Waals surface area (Å²) in [6, 6.07) is 5.87. The summed E-state index contributed by atoms with van der Waals surface area (Å²) in [5, 5.41) is 9.89. The lowest BCUT2D eigenvalue weighted by molar-refractivity contribution is 0.309. The molecule has 5 nitrogen and oxygen atoms in total. The molecule has 0 spiro atoms. The van der Waals surface area contributed by atoms with Crippen LogP contribution in [0.25, 0.3) is 0 Å². The quantitative estimate of drug-likeness (QED) is 0.823. The highest BCUT2D eigenvalue weighted by Crippen LogP contribution is 2.31. The number of benzene rings is 1. The zero-order valence-corrected chi connectivity index (χ0v) is 10.6. The number of hydrogen-bond acceptors (Lipinski definition) is 4. The predicted molar refractivity (Wildman–Crippen MR) is 70.1 cm³/mol. The molecule has 0 bridgehead atoms. The van der Waals surface area contributed by atoms with Gasteiger partial charge in [0.2, 0.25) is 0 Å². The number of nitrogens with one attached hydrogen (secondary N) is 2. The molecule has 2 rings (SSSR count). The molecule has 2 aromatic rings. The smallest absolute Gasteiger partial charge is 0.165 e. The van der Waals surface area contributed by atoms with Gasteiger partial charge in [0.15, 0.2) is 11.5 Å². The van der Waals surface area contributed by atoms with E-state index in [2.05, 4.69) is 15.5 Å². The Hall–Kier alpha value is -2.17. The van der Waals surface area contributed by atoms with Crippen molar-refractivity contribution < 1.29 is 9.47 Å². The van der Waals surface area contributed by atoms with Gasteiger partial charge in [-0.2, -0.15) is 5.10 Å². The Morgan fingerprint density at radius 3 is 2.94 bits per heavy atom. The summed E-state index contributed by atoms with van der Waals surface area (Å²) in [7, 11) is 1.65. The van der Waals surface area contributed by atoms with Gasteiger partial charge in [-0.05, 0) is 13.0 Å². The second-order valence-electron chi connectivity index (χ2n) is 3.72. The summed E-state index contributed by atoms with van der Waals surface area (Å²) >= 11 is 0. The molecule has 0 aliphatic rings. The van der Waals surface area contributed by atoms with Gasteiger partial charge in [0, 0.05) is 18.3 Å². The minimum Gasteiger partial charge on any atom is -0.493 e. The van der Waals surface area contributed by atoms with Gasteiger partial charge >= 0.3 is 0 Å². The number of H-pyrrole nitrogens is 1. The minimum absolute atomic E-state index is 0.620. The number of anilines is 1. The first-order valence-corrected chi connectivity index (χ1v) is 5.86. The van der Waals surface area contributed by atoms with Crippen molar-refractivity contribution in [2.45, 2.75) is 13.5 Å². The van der Waals surface area contributed by atoms with Crippen LogP contribution in [0, 0.1) is 0 Å². The summed E-state index contributed by atoms with van der Waals surface area (Å²) in [5.41, 5.74) is 1.99. The highest BCUT2D eigenvalue weighted by Gasteiger charge is 2.09. The van der Waals surface area contributed by atoms with Gasteiger partial charge in [0.1, 0.15) is 0 Å². The van der Waals surface area contributed by atoms with E-state index in [1.165, 1.54) is 0 Å². The van der Waals surface area contributed by atoms with Crippen molar-refractivity contribution in [2.24, 2.45) is 0 Å². The molecular formula is C13H17N3O2. The second kappa shape index (κ2) is 5.95. The molecule has 0 atom stereocenters. The number of para-hydroxylation sites is 1. The van der Waals surface area contributed by atoms with E-state index < -0.39 is 0 Å². The van der Waals surface area contributed by atoms with Crippen LogP contribution in [0.1, 0.15) is 12.5 Å². The molecule has 0 amide bonds. The zero-order chi connectivity index (χ0) is 12.8.